The van der Waals surface area contributed by atoms with Crippen molar-refractivity contribution in [1.82, 2.24) is 4.90 Å². The first-order valence-electron chi connectivity index (χ1n) is 8.00. The second kappa shape index (κ2) is 8.13. The van der Waals surface area contributed by atoms with Crippen molar-refractivity contribution in [3.8, 4) is 5.75 Å². The molecule has 0 aliphatic carbocycles. The Morgan fingerprint density at radius 2 is 1.67 bits per heavy atom. The van der Waals surface area contributed by atoms with Gasteiger partial charge in [-0.2, -0.15) is 0 Å². The first kappa shape index (κ1) is 18.1. The molecule has 27 heavy (non-hydrogen) atoms. The summed E-state index contributed by atoms with van der Waals surface area (Å²) in [5.74, 6) is -1.04. The van der Waals surface area contributed by atoms with Crippen molar-refractivity contribution in [2.24, 2.45) is 5.16 Å². The second-order valence-electron chi connectivity index (χ2n) is 5.51. The molecule has 8 heteroatoms. The van der Waals surface area contributed by atoms with E-state index in [1.165, 1.54) is 6.21 Å². The number of carbonyl (C=O) groups is 3. The van der Waals surface area contributed by atoms with Crippen LogP contribution in [0.4, 0.5) is 0 Å². The summed E-state index contributed by atoms with van der Waals surface area (Å²) < 4.78 is 9.95. The number of hydrogen-bond acceptors (Lipinski definition) is 7. The van der Waals surface area contributed by atoms with Gasteiger partial charge in [0.05, 0.1) is 24.5 Å². The Morgan fingerprint density at radius 3 is 2.26 bits per heavy atom. The fourth-order valence-electron chi connectivity index (χ4n) is 2.41. The molecule has 0 atom stereocenters. The lowest BCUT2D eigenvalue weighted by atomic mass is 10.1. The van der Waals surface area contributed by atoms with E-state index in [0.717, 1.165) is 10.5 Å². The maximum atomic E-state index is 12.1. The minimum absolute atomic E-state index is 0.291. The van der Waals surface area contributed by atoms with E-state index in [4.69, 9.17) is 14.3 Å². The molecule has 1 aliphatic rings. The van der Waals surface area contributed by atoms with Crippen LogP contribution in [0.2, 0.25) is 0 Å². The molecule has 0 saturated carbocycles. The zero-order valence-corrected chi connectivity index (χ0v) is 14.5. The highest BCUT2D eigenvalue weighted by Gasteiger charge is 2.35. The molecule has 0 spiro atoms. The Labute approximate surface area is 154 Å². The van der Waals surface area contributed by atoms with Crippen LogP contribution in [-0.2, 0) is 14.4 Å². The number of fused-ring (bicyclic) bond motifs is 1. The quantitative estimate of drug-likeness (QED) is 0.320. The van der Waals surface area contributed by atoms with Gasteiger partial charge in [-0.25, -0.2) is 9.69 Å². The zero-order valence-electron chi connectivity index (χ0n) is 14.5. The number of esters is 1. The highest BCUT2D eigenvalue weighted by molar-refractivity contribution is 6.21. The second-order valence-corrected chi connectivity index (χ2v) is 5.51. The van der Waals surface area contributed by atoms with E-state index >= 15 is 0 Å². The highest BCUT2D eigenvalue weighted by atomic mass is 16.7. The Hall–Kier alpha value is -3.68. The van der Waals surface area contributed by atoms with E-state index in [9.17, 15) is 14.4 Å². The number of rotatable bonds is 7. The molecule has 0 N–H and O–H groups in total. The third-order valence-corrected chi connectivity index (χ3v) is 3.81. The smallest absolute Gasteiger partial charge is 0.348 e. The predicted molar refractivity (Wildman–Crippen MR) is 94.4 cm³/mol. The average Bonchev–Trinajstić information content (AvgIpc) is 2.94. The third kappa shape index (κ3) is 4.12. The van der Waals surface area contributed by atoms with Crippen LogP contribution in [-0.4, -0.2) is 49.3 Å². The zero-order chi connectivity index (χ0) is 19.2. The first-order valence-corrected chi connectivity index (χ1v) is 8.00. The van der Waals surface area contributed by atoms with Crippen LogP contribution in [0.25, 0.3) is 0 Å². The molecule has 1 aliphatic heterocycles. The largest absolute Gasteiger partial charge is 0.497 e. The first-order chi connectivity index (χ1) is 13.1. The van der Waals surface area contributed by atoms with Crippen molar-refractivity contribution in [3.05, 3.63) is 65.2 Å². The summed E-state index contributed by atoms with van der Waals surface area (Å²) >= 11 is 0. The van der Waals surface area contributed by atoms with E-state index in [1.54, 1.807) is 55.6 Å². The van der Waals surface area contributed by atoms with Crippen LogP contribution in [0, 0.1) is 0 Å². The summed E-state index contributed by atoms with van der Waals surface area (Å²) in [7, 11) is 1.57. The molecule has 8 nitrogen and oxygen atoms in total. The lowest BCUT2D eigenvalue weighted by molar-refractivity contribution is -0.151. The molecular formula is C19H16N2O6. The van der Waals surface area contributed by atoms with Crippen LogP contribution >= 0.6 is 0 Å². The minimum Gasteiger partial charge on any atom is -0.497 e. The lowest BCUT2D eigenvalue weighted by Gasteiger charge is -2.13. The molecule has 2 aromatic rings. The molecular weight excluding hydrogens is 352 g/mol. The summed E-state index contributed by atoms with van der Waals surface area (Å²) in [5, 5.41) is 3.67. The molecule has 2 amide bonds. The Morgan fingerprint density at radius 1 is 1.04 bits per heavy atom. The number of oxime groups is 1. The van der Waals surface area contributed by atoms with Crippen LogP contribution < -0.4 is 4.74 Å². The van der Waals surface area contributed by atoms with Gasteiger partial charge in [-0.3, -0.25) is 9.59 Å². The van der Waals surface area contributed by atoms with E-state index in [0.29, 0.717) is 16.9 Å². The van der Waals surface area contributed by atoms with Crippen LogP contribution in [0.1, 0.15) is 26.3 Å². The van der Waals surface area contributed by atoms with Crippen LogP contribution in [0.3, 0.4) is 0 Å². The summed E-state index contributed by atoms with van der Waals surface area (Å²) in [6, 6.07) is 13.5. The van der Waals surface area contributed by atoms with Crippen molar-refractivity contribution < 1.29 is 28.7 Å². The van der Waals surface area contributed by atoms with Crippen LogP contribution in [0.15, 0.2) is 53.7 Å². The van der Waals surface area contributed by atoms with Gasteiger partial charge in [0.25, 0.3) is 11.8 Å². The van der Waals surface area contributed by atoms with Gasteiger partial charge >= 0.3 is 5.97 Å². The SMILES string of the molecule is COc1ccc(/C=N/OCC(=O)OCN2C(=O)c3ccccc3C2=O)cc1. The number of carbonyl (C=O) groups excluding carboxylic acids is 3. The molecule has 0 unspecified atom stereocenters. The number of nitrogens with zero attached hydrogens (tertiary/aromatic N) is 2. The van der Waals surface area contributed by atoms with E-state index in [1.807, 2.05) is 0 Å². The molecule has 0 bridgehead atoms. The summed E-state index contributed by atoms with van der Waals surface area (Å²) in [6.45, 7) is -0.924. The number of amides is 2. The summed E-state index contributed by atoms with van der Waals surface area (Å²) in [4.78, 5) is 41.7. The molecule has 0 fully saturated rings. The molecule has 1 heterocycles. The van der Waals surface area contributed by atoms with Crippen molar-refractivity contribution in [2.45, 2.75) is 0 Å². The number of benzene rings is 2. The van der Waals surface area contributed by atoms with E-state index in [-0.39, 0.29) is 0 Å². The molecule has 2 aromatic carbocycles. The van der Waals surface area contributed by atoms with Crippen molar-refractivity contribution in [1.29, 1.82) is 0 Å². The van der Waals surface area contributed by atoms with Crippen LogP contribution in [0.5, 0.6) is 5.75 Å². The fraction of sp³-hybridized carbons (Fsp3) is 0.158. The van der Waals surface area contributed by atoms with Gasteiger partial charge in [0.1, 0.15) is 5.75 Å². The molecule has 0 radical (unpaired) electrons. The lowest BCUT2D eigenvalue weighted by Crippen LogP contribution is -2.33. The van der Waals surface area contributed by atoms with Gasteiger partial charge in [-0.15, -0.1) is 0 Å². The van der Waals surface area contributed by atoms with Crippen molar-refractivity contribution in [3.63, 3.8) is 0 Å². The van der Waals surface area contributed by atoms with E-state index in [2.05, 4.69) is 5.16 Å². The summed E-state index contributed by atoms with van der Waals surface area (Å²) in [6.07, 6.45) is 1.43. The number of ether oxygens (including phenoxy) is 2. The number of methoxy groups -OCH3 is 1. The van der Waals surface area contributed by atoms with Gasteiger partial charge in [0.15, 0.2) is 6.73 Å². The maximum absolute atomic E-state index is 12.1. The van der Waals surface area contributed by atoms with Crippen molar-refractivity contribution in [2.75, 3.05) is 20.4 Å². The monoisotopic (exact) mass is 368 g/mol. The molecule has 3 rings (SSSR count). The van der Waals surface area contributed by atoms with Crippen molar-refractivity contribution >= 4 is 24.0 Å². The number of hydrogen-bond donors (Lipinski definition) is 0. The number of imide groups is 1. The average molecular weight is 368 g/mol. The topological polar surface area (TPSA) is 94.5 Å². The fourth-order valence-corrected chi connectivity index (χ4v) is 2.41. The standard InChI is InChI=1S/C19H16N2O6/c1-25-14-8-6-13(7-9-14)10-20-27-11-17(22)26-12-21-18(23)15-4-2-3-5-16(15)19(21)24/h2-10H,11-12H2,1H3/b20-10+. The summed E-state index contributed by atoms with van der Waals surface area (Å²) in [5.41, 5.74) is 1.34. The Kier molecular flexibility index (Phi) is 5.46. The van der Waals surface area contributed by atoms with Gasteiger partial charge in [0.2, 0.25) is 6.61 Å². The minimum atomic E-state index is -0.751. The third-order valence-electron chi connectivity index (χ3n) is 3.81. The molecule has 0 aromatic heterocycles. The molecule has 0 saturated heterocycles. The normalized spacial score (nSPS) is 13.0. The van der Waals surface area contributed by atoms with Gasteiger partial charge < -0.3 is 14.3 Å². The van der Waals surface area contributed by atoms with Gasteiger partial charge in [-0.05, 0) is 42.0 Å². The Bertz CT molecular complexity index is 856. The van der Waals surface area contributed by atoms with Gasteiger partial charge in [0, 0.05) is 0 Å². The Balaban J connectivity index is 1.44. The van der Waals surface area contributed by atoms with Gasteiger partial charge in [-0.1, -0.05) is 17.3 Å². The van der Waals surface area contributed by atoms with E-state index < -0.39 is 31.1 Å². The maximum Gasteiger partial charge on any atom is 0.348 e. The predicted octanol–water partition coefficient (Wildman–Crippen LogP) is 1.84. The highest BCUT2D eigenvalue weighted by Crippen LogP contribution is 2.22. The molecule has 138 valence electrons.